The lowest BCUT2D eigenvalue weighted by atomic mass is 10.4. The third-order valence-corrected chi connectivity index (χ3v) is 3.67. The number of ether oxygens (including phenoxy) is 1. The number of thiazole rings is 1. The molecule has 1 unspecified atom stereocenters. The predicted octanol–water partition coefficient (Wildman–Crippen LogP) is 1.43. The molecule has 16 heavy (non-hydrogen) atoms. The monoisotopic (exact) mass is 304 g/mol. The lowest BCUT2D eigenvalue weighted by molar-refractivity contribution is -0.117. The topological polar surface area (TPSA) is 59.5 Å². The van der Waals surface area contributed by atoms with Gasteiger partial charge in [0.05, 0.1) is 7.11 Å². The Morgan fingerprint density at radius 3 is 3.06 bits per heavy atom. The van der Waals surface area contributed by atoms with Gasteiger partial charge < -0.3 is 4.74 Å². The van der Waals surface area contributed by atoms with Crippen LogP contribution < -0.4 is 4.90 Å². The number of esters is 1. The molecule has 7 heteroatoms. The maximum absolute atomic E-state index is 11.6. The Bertz CT molecular complexity index is 434. The molecular weight excluding hydrogens is 296 g/mol. The molecule has 0 bridgehead atoms. The summed E-state index contributed by atoms with van der Waals surface area (Å²) in [5.74, 6) is -0.461. The second-order valence-electron chi connectivity index (χ2n) is 3.31. The van der Waals surface area contributed by atoms with E-state index in [-0.39, 0.29) is 16.4 Å². The Morgan fingerprint density at radius 2 is 2.50 bits per heavy atom. The first kappa shape index (κ1) is 11.5. The number of amides is 1. The minimum Gasteiger partial charge on any atom is -0.464 e. The summed E-state index contributed by atoms with van der Waals surface area (Å²) in [5.41, 5.74) is 0.244. The third-order valence-electron chi connectivity index (χ3n) is 2.20. The van der Waals surface area contributed by atoms with Gasteiger partial charge in [-0.1, -0.05) is 15.9 Å². The number of aromatic nitrogens is 1. The largest absolute Gasteiger partial charge is 0.464 e. The van der Waals surface area contributed by atoms with Crippen molar-refractivity contribution >= 4 is 44.3 Å². The molecule has 0 aromatic carbocycles. The van der Waals surface area contributed by atoms with E-state index in [1.807, 2.05) is 0 Å². The Hall–Kier alpha value is -0.950. The summed E-state index contributed by atoms with van der Waals surface area (Å²) >= 11 is 4.66. The maximum atomic E-state index is 11.6. The van der Waals surface area contributed by atoms with E-state index in [4.69, 9.17) is 0 Å². The lowest BCUT2D eigenvalue weighted by Crippen LogP contribution is -2.24. The molecule has 1 aliphatic heterocycles. The summed E-state index contributed by atoms with van der Waals surface area (Å²) in [7, 11) is 1.30. The molecule has 0 spiro atoms. The van der Waals surface area contributed by atoms with Crippen LogP contribution in [0, 0.1) is 0 Å². The first-order valence-electron chi connectivity index (χ1n) is 4.60. The summed E-state index contributed by atoms with van der Waals surface area (Å²) in [6, 6.07) is 0. The van der Waals surface area contributed by atoms with Crippen molar-refractivity contribution in [3.63, 3.8) is 0 Å². The lowest BCUT2D eigenvalue weighted by Gasteiger charge is -2.10. The average molecular weight is 305 g/mol. The third kappa shape index (κ3) is 2.10. The molecule has 0 saturated carbocycles. The highest BCUT2D eigenvalue weighted by Crippen LogP contribution is 2.28. The van der Waals surface area contributed by atoms with Crippen LogP contribution in [0.4, 0.5) is 5.13 Å². The number of methoxy groups -OCH3 is 1. The molecule has 1 atom stereocenters. The van der Waals surface area contributed by atoms with Crippen molar-refractivity contribution in [3.8, 4) is 0 Å². The standard InChI is InChI=1S/C9H9BrN2O3S/c1-15-8(14)6-4-16-9(11-6)12-3-5(10)2-7(12)13/h4-5H,2-3H2,1H3. The average Bonchev–Trinajstić information content (AvgIpc) is 2.83. The van der Waals surface area contributed by atoms with Crippen molar-refractivity contribution in [2.75, 3.05) is 18.6 Å². The van der Waals surface area contributed by atoms with Crippen LogP contribution >= 0.6 is 27.3 Å². The van der Waals surface area contributed by atoms with Crippen LogP contribution in [0.5, 0.6) is 0 Å². The first-order valence-corrected chi connectivity index (χ1v) is 6.39. The number of carbonyl (C=O) groups is 2. The zero-order valence-corrected chi connectivity index (χ0v) is 10.9. The van der Waals surface area contributed by atoms with Crippen molar-refractivity contribution < 1.29 is 14.3 Å². The highest BCUT2D eigenvalue weighted by atomic mass is 79.9. The molecule has 86 valence electrons. The van der Waals surface area contributed by atoms with Gasteiger partial charge in [-0.15, -0.1) is 11.3 Å². The number of hydrogen-bond acceptors (Lipinski definition) is 5. The predicted molar refractivity (Wildman–Crippen MR) is 63.1 cm³/mol. The zero-order chi connectivity index (χ0) is 11.7. The van der Waals surface area contributed by atoms with Gasteiger partial charge in [0.2, 0.25) is 5.91 Å². The Balaban J connectivity index is 2.19. The molecule has 1 aliphatic rings. The van der Waals surface area contributed by atoms with Gasteiger partial charge >= 0.3 is 5.97 Å². The molecule has 1 amide bonds. The molecular formula is C9H9BrN2O3S. The minimum absolute atomic E-state index is 0.0210. The van der Waals surface area contributed by atoms with Crippen LogP contribution in [0.25, 0.3) is 0 Å². The smallest absolute Gasteiger partial charge is 0.357 e. The summed E-state index contributed by atoms with van der Waals surface area (Å²) < 4.78 is 4.55. The van der Waals surface area contributed by atoms with Gasteiger partial charge in [-0.25, -0.2) is 9.78 Å². The summed E-state index contributed by atoms with van der Waals surface area (Å²) in [4.78, 5) is 28.6. The summed E-state index contributed by atoms with van der Waals surface area (Å²) in [6.07, 6.45) is 0.465. The van der Waals surface area contributed by atoms with E-state index in [2.05, 4.69) is 25.7 Å². The van der Waals surface area contributed by atoms with Crippen LogP contribution in [0.3, 0.4) is 0 Å². The van der Waals surface area contributed by atoms with Crippen LogP contribution in [0.2, 0.25) is 0 Å². The van der Waals surface area contributed by atoms with Gasteiger partial charge in [0.1, 0.15) is 0 Å². The maximum Gasteiger partial charge on any atom is 0.357 e. The number of hydrogen-bond donors (Lipinski definition) is 0. The van der Waals surface area contributed by atoms with Gasteiger partial charge in [0, 0.05) is 23.2 Å². The molecule has 0 aliphatic carbocycles. The quantitative estimate of drug-likeness (QED) is 0.612. The zero-order valence-electron chi connectivity index (χ0n) is 8.47. The van der Waals surface area contributed by atoms with Gasteiger partial charge in [-0.05, 0) is 0 Å². The van der Waals surface area contributed by atoms with Gasteiger partial charge in [0.15, 0.2) is 10.8 Å². The molecule has 0 radical (unpaired) electrons. The van der Waals surface area contributed by atoms with Gasteiger partial charge in [0.25, 0.3) is 0 Å². The summed E-state index contributed by atoms with van der Waals surface area (Å²) in [5, 5.41) is 2.14. The van der Waals surface area contributed by atoms with Crippen molar-refractivity contribution in [3.05, 3.63) is 11.1 Å². The molecule has 0 N–H and O–H groups in total. The number of nitrogens with zero attached hydrogens (tertiary/aromatic N) is 2. The van der Waals surface area contributed by atoms with Crippen molar-refractivity contribution in [2.45, 2.75) is 11.2 Å². The molecule has 2 heterocycles. The van der Waals surface area contributed by atoms with E-state index in [0.717, 1.165) is 0 Å². The fraction of sp³-hybridized carbons (Fsp3) is 0.444. The molecule has 1 aromatic rings. The van der Waals surface area contributed by atoms with Crippen molar-refractivity contribution in [1.29, 1.82) is 0 Å². The van der Waals surface area contributed by atoms with E-state index in [1.165, 1.54) is 18.4 Å². The Kier molecular flexibility index (Phi) is 3.25. The summed E-state index contributed by atoms with van der Waals surface area (Å²) in [6.45, 7) is 0.590. The number of alkyl halides is 1. The van der Waals surface area contributed by atoms with E-state index in [9.17, 15) is 9.59 Å². The Morgan fingerprint density at radius 1 is 1.75 bits per heavy atom. The van der Waals surface area contributed by atoms with E-state index in [0.29, 0.717) is 18.1 Å². The number of anilines is 1. The van der Waals surface area contributed by atoms with E-state index < -0.39 is 5.97 Å². The fourth-order valence-corrected chi connectivity index (χ4v) is 2.82. The molecule has 1 saturated heterocycles. The molecule has 1 aromatic heterocycles. The van der Waals surface area contributed by atoms with Crippen LogP contribution in [-0.4, -0.2) is 35.3 Å². The van der Waals surface area contributed by atoms with E-state index >= 15 is 0 Å². The normalized spacial score (nSPS) is 20.2. The van der Waals surface area contributed by atoms with E-state index in [1.54, 1.807) is 10.3 Å². The van der Waals surface area contributed by atoms with Gasteiger partial charge in [-0.3, -0.25) is 9.69 Å². The highest BCUT2D eigenvalue weighted by Gasteiger charge is 2.31. The van der Waals surface area contributed by atoms with Crippen LogP contribution in [-0.2, 0) is 9.53 Å². The second kappa shape index (κ2) is 4.50. The first-order chi connectivity index (χ1) is 7.61. The molecule has 2 rings (SSSR count). The van der Waals surface area contributed by atoms with Crippen LogP contribution in [0.15, 0.2) is 5.38 Å². The van der Waals surface area contributed by atoms with Crippen LogP contribution in [0.1, 0.15) is 16.9 Å². The molecule has 1 fully saturated rings. The highest BCUT2D eigenvalue weighted by molar-refractivity contribution is 9.09. The SMILES string of the molecule is COC(=O)c1csc(N2CC(Br)CC2=O)n1. The number of halogens is 1. The van der Waals surface area contributed by atoms with Crippen molar-refractivity contribution in [2.24, 2.45) is 0 Å². The minimum atomic E-state index is -0.482. The fourth-order valence-electron chi connectivity index (χ4n) is 1.44. The molecule has 5 nitrogen and oxygen atoms in total. The Labute approximate surface area is 105 Å². The second-order valence-corrected chi connectivity index (χ2v) is 5.44. The van der Waals surface area contributed by atoms with Crippen molar-refractivity contribution in [1.82, 2.24) is 4.98 Å². The number of carbonyl (C=O) groups excluding carboxylic acids is 2. The number of rotatable bonds is 2. The van der Waals surface area contributed by atoms with Gasteiger partial charge in [-0.2, -0.15) is 0 Å².